The molecule has 1 aromatic heterocycles. The molecule has 2 rings (SSSR count). The Morgan fingerprint density at radius 3 is 1.55 bits per heavy atom. The molecule has 0 aliphatic rings. The SMILES string of the molecule is CCCCOc1c(OCCCC)c(C)c2nccnc2c1C. The number of benzene rings is 1. The van der Waals surface area contributed by atoms with Crippen LogP contribution in [0, 0.1) is 13.8 Å². The summed E-state index contributed by atoms with van der Waals surface area (Å²) in [5.74, 6) is 1.66. The number of aromatic nitrogens is 2. The van der Waals surface area contributed by atoms with Crippen LogP contribution in [0.2, 0.25) is 0 Å². The maximum Gasteiger partial charge on any atom is 0.166 e. The van der Waals surface area contributed by atoms with Crippen molar-refractivity contribution in [2.75, 3.05) is 13.2 Å². The summed E-state index contributed by atoms with van der Waals surface area (Å²) >= 11 is 0. The standard InChI is InChI=1S/C18H26N2O2/c1-5-7-11-21-17-13(3)15-16(20-10-9-19-15)14(4)18(17)22-12-8-6-2/h9-10H,5-8,11-12H2,1-4H3. The Balaban J connectivity index is 2.45. The molecule has 0 aliphatic carbocycles. The zero-order valence-electron chi connectivity index (χ0n) is 14.1. The highest BCUT2D eigenvalue weighted by atomic mass is 16.5. The third kappa shape index (κ3) is 3.49. The van der Waals surface area contributed by atoms with Crippen LogP contribution in [-0.4, -0.2) is 23.2 Å². The second-order valence-corrected chi connectivity index (χ2v) is 5.57. The van der Waals surface area contributed by atoms with E-state index in [4.69, 9.17) is 9.47 Å². The van der Waals surface area contributed by atoms with Crippen LogP contribution in [0.15, 0.2) is 12.4 Å². The lowest BCUT2D eigenvalue weighted by atomic mass is 10.1. The number of unbranched alkanes of at least 4 members (excludes halogenated alkanes) is 2. The highest BCUT2D eigenvalue weighted by molar-refractivity contribution is 5.86. The first kappa shape index (κ1) is 16.5. The number of fused-ring (bicyclic) bond motifs is 1. The van der Waals surface area contributed by atoms with Gasteiger partial charge in [0.1, 0.15) is 0 Å². The Morgan fingerprint density at radius 1 is 0.773 bits per heavy atom. The molecule has 0 amide bonds. The molecule has 0 aliphatic heterocycles. The molecule has 1 aromatic carbocycles. The van der Waals surface area contributed by atoms with E-state index in [0.29, 0.717) is 13.2 Å². The Kier molecular flexibility index (Phi) is 5.99. The fourth-order valence-electron chi connectivity index (χ4n) is 2.43. The van der Waals surface area contributed by atoms with Crippen LogP contribution in [0.3, 0.4) is 0 Å². The Morgan fingerprint density at radius 2 is 1.18 bits per heavy atom. The van der Waals surface area contributed by atoms with Gasteiger partial charge < -0.3 is 9.47 Å². The topological polar surface area (TPSA) is 44.2 Å². The molecule has 0 N–H and O–H groups in total. The number of rotatable bonds is 8. The Bertz CT molecular complexity index is 572. The fraction of sp³-hybridized carbons (Fsp3) is 0.556. The molecule has 22 heavy (non-hydrogen) atoms. The molecule has 0 saturated heterocycles. The van der Waals surface area contributed by atoms with Gasteiger partial charge in [0, 0.05) is 23.5 Å². The lowest BCUT2D eigenvalue weighted by molar-refractivity contribution is 0.260. The lowest BCUT2D eigenvalue weighted by Gasteiger charge is -2.18. The highest BCUT2D eigenvalue weighted by Gasteiger charge is 2.19. The molecule has 4 heteroatoms. The molecule has 2 aromatic rings. The molecule has 120 valence electrons. The molecule has 0 atom stereocenters. The van der Waals surface area contributed by atoms with Gasteiger partial charge in [-0.3, -0.25) is 9.97 Å². The number of hydrogen-bond donors (Lipinski definition) is 0. The van der Waals surface area contributed by atoms with E-state index in [9.17, 15) is 0 Å². The largest absolute Gasteiger partial charge is 0.489 e. The summed E-state index contributed by atoms with van der Waals surface area (Å²) in [5, 5.41) is 0. The summed E-state index contributed by atoms with van der Waals surface area (Å²) in [5.41, 5.74) is 3.82. The van der Waals surface area contributed by atoms with Crippen molar-refractivity contribution in [3.63, 3.8) is 0 Å². The van der Waals surface area contributed by atoms with Crippen molar-refractivity contribution in [3.05, 3.63) is 23.5 Å². The monoisotopic (exact) mass is 302 g/mol. The summed E-state index contributed by atoms with van der Waals surface area (Å²) in [4.78, 5) is 8.94. The second kappa shape index (κ2) is 7.97. The van der Waals surface area contributed by atoms with Crippen LogP contribution in [0.1, 0.15) is 50.7 Å². The molecule has 4 nitrogen and oxygen atoms in total. The van der Waals surface area contributed by atoms with Crippen molar-refractivity contribution in [2.24, 2.45) is 0 Å². The first-order valence-electron chi connectivity index (χ1n) is 8.20. The minimum Gasteiger partial charge on any atom is -0.489 e. The molecule has 0 unspecified atom stereocenters. The van der Waals surface area contributed by atoms with Gasteiger partial charge in [-0.15, -0.1) is 0 Å². The maximum absolute atomic E-state index is 6.04. The zero-order valence-corrected chi connectivity index (χ0v) is 14.1. The van der Waals surface area contributed by atoms with Crippen LogP contribution in [0.5, 0.6) is 11.5 Å². The van der Waals surface area contributed by atoms with Crippen molar-refractivity contribution < 1.29 is 9.47 Å². The van der Waals surface area contributed by atoms with E-state index in [0.717, 1.165) is 59.3 Å². The Hall–Kier alpha value is -1.84. The van der Waals surface area contributed by atoms with E-state index in [1.165, 1.54) is 0 Å². The van der Waals surface area contributed by atoms with Gasteiger partial charge in [-0.2, -0.15) is 0 Å². The average Bonchev–Trinajstić information content (AvgIpc) is 2.54. The predicted molar refractivity (Wildman–Crippen MR) is 89.8 cm³/mol. The third-order valence-electron chi connectivity index (χ3n) is 3.78. The number of ether oxygens (including phenoxy) is 2. The molecular formula is C18H26N2O2. The molecule has 1 heterocycles. The summed E-state index contributed by atoms with van der Waals surface area (Å²) in [7, 11) is 0. The first-order valence-corrected chi connectivity index (χ1v) is 8.20. The van der Waals surface area contributed by atoms with Gasteiger partial charge in [-0.05, 0) is 26.7 Å². The summed E-state index contributed by atoms with van der Waals surface area (Å²) in [6, 6.07) is 0. The van der Waals surface area contributed by atoms with E-state index in [1.54, 1.807) is 12.4 Å². The minimum absolute atomic E-state index is 0.701. The van der Waals surface area contributed by atoms with Crippen LogP contribution in [-0.2, 0) is 0 Å². The minimum atomic E-state index is 0.701. The average molecular weight is 302 g/mol. The molecule has 0 radical (unpaired) electrons. The third-order valence-corrected chi connectivity index (χ3v) is 3.78. The summed E-state index contributed by atoms with van der Waals surface area (Å²) in [6.45, 7) is 9.78. The fourth-order valence-corrected chi connectivity index (χ4v) is 2.43. The van der Waals surface area contributed by atoms with E-state index in [1.807, 2.05) is 13.8 Å². The van der Waals surface area contributed by atoms with Gasteiger partial charge in [-0.25, -0.2) is 0 Å². The Labute approximate surface area is 132 Å². The smallest absolute Gasteiger partial charge is 0.166 e. The van der Waals surface area contributed by atoms with Gasteiger partial charge >= 0.3 is 0 Å². The predicted octanol–water partition coefficient (Wildman–Crippen LogP) is 4.60. The first-order chi connectivity index (χ1) is 10.7. The lowest BCUT2D eigenvalue weighted by Crippen LogP contribution is -2.06. The number of hydrogen-bond acceptors (Lipinski definition) is 4. The van der Waals surface area contributed by atoms with Gasteiger partial charge in [0.15, 0.2) is 11.5 Å². The second-order valence-electron chi connectivity index (χ2n) is 5.57. The molecule has 0 saturated carbocycles. The van der Waals surface area contributed by atoms with Crippen molar-refractivity contribution in [3.8, 4) is 11.5 Å². The van der Waals surface area contributed by atoms with E-state index in [-0.39, 0.29) is 0 Å². The van der Waals surface area contributed by atoms with Crippen molar-refractivity contribution in [1.82, 2.24) is 9.97 Å². The van der Waals surface area contributed by atoms with Crippen molar-refractivity contribution in [2.45, 2.75) is 53.4 Å². The van der Waals surface area contributed by atoms with Crippen LogP contribution < -0.4 is 9.47 Å². The maximum atomic E-state index is 6.04. The van der Waals surface area contributed by atoms with Gasteiger partial charge in [-0.1, -0.05) is 26.7 Å². The zero-order chi connectivity index (χ0) is 15.9. The quantitative estimate of drug-likeness (QED) is 0.668. The van der Waals surface area contributed by atoms with Gasteiger partial charge in [0.2, 0.25) is 0 Å². The van der Waals surface area contributed by atoms with E-state index in [2.05, 4.69) is 23.8 Å². The molecule has 0 spiro atoms. The summed E-state index contributed by atoms with van der Waals surface area (Å²) in [6.07, 6.45) is 7.73. The van der Waals surface area contributed by atoms with Gasteiger partial charge in [0.05, 0.1) is 24.2 Å². The van der Waals surface area contributed by atoms with Crippen LogP contribution >= 0.6 is 0 Å². The summed E-state index contributed by atoms with van der Waals surface area (Å²) < 4.78 is 12.1. The molecule has 0 bridgehead atoms. The van der Waals surface area contributed by atoms with Crippen molar-refractivity contribution in [1.29, 1.82) is 0 Å². The van der Waals surface area contributed by atoms with Crippen LogP contribution in [0.4, 0.5) is 0 Å². The van der Waals surface area contributed by atoms with Crippen molar-refractivity contribution >= 4 is 11.0 Å². The molecule has 0 fully saturated rings. The van der Waals surface area contributed by atoms with E-state index >= 15 is 0 Å². The highest BCUT2D eigenvalue weighted by Crippen LogP contribution is 2.39. The number of nitrogens with zero attached hydrogens (tertiary/aromatic N) is 2. The normalized spacial score (nSPS) is 10.9. The van der Waals surface area contributed by atoms with Gasteiger partial charge in [0.25, 0.3) is 0 Å². The van der Waals surface area contributed by atoms with Crippen LogP contribution in [0.25, 0.3) is 11.0 Å². The number of aryl methyl sites for hydroxylation is 2. The molecular weight excluding hydrogens is 276 g/mol. The van der Waals surface area contributed by atoms with E-state index < -0.39 is 0 Å².